The summed E-state index contributed by atoms with van der Waals surface area (Å²) in [5.74, 6) is 0.763. The van der Waals surface area contributed by atoms with Gasteiger partial charge in [0.25, 0.3) is 5.91 Å². The first-order chi connectivity index (χ1) is 15.4. The molecular weight excluding hydrogens is 422 g/mol. The third kappa shape index (κ3) is 5.97. The Bertz CT molecular complexity index is 1040. The minimum Gasteiger partial charge on any atom is -0.349 e. The standard InChI is InChI=1S/C24H29N5O2S/c1-16(2)21(26-23(31)19-13-9-6-10-14-19)22-27-28-24(29(22)4)32-15-20(30)25-17(3)18-11-7-5-8-12-18/h5-14,16-17,21H,15H2,1-4H3,(H,25,30)(H,26,31)/t17-,21-/m1/s1. The fraction of sp³-hybridized carbons (Fsp3) is 0.333. The van der Waals surface area contributed by atoms with Gasteiger partial charge in [-0.05, 0) is 30.5 Å². The molecule has 2 atom stereocenters. The summed E-state index contributed by atoms with van der Waals surface area (Å²) >= 11 is 1.32. The van der Waals surface area contributed by atoms with Crippen LogP contribution in [0.1, 0.15) is 54.6 Å². The maximum atomic E-state index is 12.7. The van der Waals surface area contributed by atoms with Crippen LogP contribution in [0.2, 0.25) is 0 Å². The molecule has 7 nitrogen and oxygen atoms in total. The molecule has 3 aromatic rings. The van der Waals surface area contributed by atoms with Crippen molar-refractivity contribution >= 4 is 23.6 Å². The fourth-order valence-electron chi connectivity index (χ4n) is 3.30. The second kappa shape index (κ2) is 10.9. The van der Waals surface area contributed by atoms with Gasteiger partial charge < -0.3 is 15.2 Å². The van der Waals surface area contributed by atoms with E-state index < -0.39 is 0 Å². The van der Waals surface area contributed by atoms with E-state index in [4.69, 9.17) is 0 Å². The molecule has 0 spiro atoms. The molecule has 0 aliphatic carbocycles. The number of rotatable bonds is 9. The van der Waals surface area contributed by atoms with Crippen LogP contribution in [0.5, 0.6) is 0 Å². The number of aromatic nitrogens is 3. The minimum atomic E-state index is -0.304. The number of amides is 2. The van der Waals surface area contributed by atoms with E-state index in [1.54, 1.807) is 12.1 Å². The van der Waals surface area contributed by atoms with E-state index >= 15 is 0 Å². The highest BCUT2D eigenvalue weighted by Gasteiger charge is 2.25. The van der Waals surface area contributed by atoms with Crippen LogP contribution < -0.4 is 10.6 Å². The Morgan fingerprint density at radius 1 is 0.938 bits per heavy atom. The fourth-order valence-corrected chi connectivity index (χ4v) is 4.03. The van der Waals surface area contributed by atoms with Crippen molar-refractivity contribution in [2.45, 2.75) is 38.0 Å². The SMILES string of the molecule is CC(C)[C@@H](NC(=O)c1ccccc1)c1nnc(SCC(=O)N[C@H](C)c2ccccc2)n1C. The molecule has 2 aromatic carbocycles. The molecular formula is C24H29N5O2S. The summed E-state index contributed by atoms with van der Waals surface area (Å²) in [6, 6.07) is 18.6. The van der Waals surface area contributed by atoms with Gasteiger partial charge in [0.2, 0.25) is 5.91 Å². The molecule has 0 saturated carbocycles. The van der Waals surface area contributed by atoms with Crippen molar-refractivity contribution in [3.8, 4) is 0 Å². The largest absolute Gasteiger partial charge is 0.349 e. The summed E-state index contributed by atoms with van der Waals surface area (Å²) in [6.45, 7) is 6.01. The van der Waals surface area contributed by atoms with Crippen molar-refractivity contribution in [2.24, 2.45) is 13.0 Å². The zero-order valence-electron chi connectivity index (χ0n) is 18.8. The van der Waals surface area contributed by atoms with E-state index in [1.807, 2.05) is 80.9 Å². The van der Waals surface area contributed by atoms with Gasteiger partial charge in [0.1, 0.15) is 0 Å². The van der Waals surface area contributed by atoms with E-state index in [0.717, 1.165) is 5.56 Å². The lowest BCUT2D eigenvalue weighted by atomic mass is 10.0. The summed E-state index contributed by atoms with van der Waals surface area (Å²) in [6.07, 6.45) is 0. The topological polar surface area (TPSA) is 88.9 Å². The van der Waals surface area contributed by atoms with Gasteiger partial charge in [0.15, 0.2) is 11.0 Å². The van der Waals surface area contributed by atoms with E-state index in [2.05, 4.69) is 20.8 Å². The Morgan fingerprint density at radius 2 is 1.56 bits per heavy atom. The number of hydrogen-bond acceptors (Lipinski definition) is 5. The highest BCUT2D eigenvalue weighted by molar-refractivity contribution is 7.99. The number of benzene rings is 2. The monoisotopic (exact) mass is 451 g/mol. The van der Waals surface area contributed by atoms with Gasteiger partial charge in [-0.15, -0.1) is 10.2 Å². The lowest BCUT2D eigenvalue weighted by molar-refractivity contribution is -0.119. The van der Waals surface area contributed by atoms with Crippen molar-refractivity contribution in [1.82, 2.24) is 25.4 Å². The maximum Gasteiger partial charge on any atom is 0.251 e. The van der Waals surface area contributed by atoms with Crippen molar-refractivity contribution in [2.75, 3.05) is 5.75 Å². The molecule has 0 aliphatic rings. The molecule has 0 bridgehead atoms. The Balaban J connectivity index is 1.62. The summed E-state index contributed by atoms with van der Waals surface area (Å²) in [4.78, 5) is 25.1. The second-order valence-electron chi connectivity index (χ2n) is 7.95. The molecule has 1 heterocycles. The summed E-state index contributed by atoms with van der Waals surface area (Å²) in [7, 11) is 1.85. The zero-order valence-corrected chi connectivity index (χ0v) is 19.6. The smallest absolute Gasteiger partial charge is 0.251 e. The number of carbonyl (C=O) groups is 2. The Morgan fingerprint density at radius 3 is 2.19 bits per heavy atom. The van der Waals surface area contributed by atoms with Crippen LogP contribution in [0.3, 0.4) is 0 Å². The highest BCUT2D eigenvalue weighted by atomic mass is 32.2. The average molecular weight is 452 g/mol. The molecule has 2 amide bonds. The number of hydrogen-bond donors (Lipinski definition) is 2. The van der Waals surface area contributed by atoms with Crippen LogP contribution >= 0.6 is 11.8 Å². The van der Waals surface area contributed by atoms with Crippen LogP contribution in [0.15, 0.2) is 65.8 Å². The van der Waals surface area contributed by atoms with Gasteiger partial charge in [-0.2, -0.15) is 0 Å². The summed E-state index contributed by atoms with van der Waals surface area (Å²) in [5, 5.41) is 15.3. The molecule has 0 radical (unpaired) electrons. The maximum absolute atomic E-state index is 12.7. The first-order valence-corrected chi connectivity index (χ1v) is 11.6. The van der Waals surface area contributed by atoms with Crippen LogP contribution in [0, 0.1) is 5.92 Å². The molecule has 1 aromatic heterocycles. The van der Waals surface area contributed by atoms with Gasteiger partial charge in [0, 0.05) is 12.6 Å². The lowest BCUT2D eigenvalue weighted by Gasteiger charge is -2.21. The number of nitrogens with zero attached hydrogens (tertiary/aromatic N) is 3. The van der Waals surface area contributed by atoms with E-state index in [0.29, 0.717) is 16.5 Å². The Hall–Kier alpha value is -3.13. The van der Waals surface area contributed by atoms with Crippen molar-refractivity contribution in [1.29, 1.82) is 0 Å². The zero-order chi connectivity index (χ0) is 23.1. The van der Waals surface area contributed by atoms with Crippen molar-refractivity contribution in [3.63, 3.8) is 0 Å². The molecule has 8 heteroatoms. The molecule has 2 N–H and O–H groups in total. The van der Waals surface area contributed by atoms with Crippen LogP contribution in [0.25, 0.3) is 0 Å². The van der Waals surface area contributed by atoms with Gasteiger partial charge in [-0.25, -0.2) is 0 Å². The molecule has 3 rings (SSSR count). The summed E-state index contributed by atoms with van der Waals surface area (Å²) < 4.78 is 1.84. The lowest BCUT2D eigenvalue weighted by Crippen LogP contribution is -2.33. The van der Waals surface area contributed by atoms with Gasteiger partial charge in [-0.1, -0.05) is 74.1 Å². The second-order valence-corrected chi connectivity index (χ2v) is 8.89. The molecule has 0 saturated heterocycles. The normalized spacial score (nSPS) is 12.9. The van der Waals surface area contributed by atoms with E-state index in [9.17, 15) is 9.59 Å². The summed E-state index contributed by atoms with van der Waals surface area (Å²) in [5.41, 5.74) is 1.65. The molecule has 0 unspecified atom stereocenters. The number of nitrogens with one attached hydrogen (secondary N) is 2. The minimum absolute atomic E-state index is 0.0714. The van der Waals surface area contributed by atoms with Crippen LogP contribution in [0.4, 0.5) is 0 Å². The quantitative estimate of drug-likeness (QED) is 0.482. The van der Waals surface area contributed by atoms with E-state index in [1.165, 1.54) is 11.8 Å². The van der Waals surface area contributed by atoms with Gasteiger partial charge in [0.05, 0.1) is 17.8 Å². The molecule has 0 aliphatic heterocycles. The van der Waals surface area contributed by atoms with Crippen LogP contribution in [-0.4, -0.2) is 32.3 Å². The molecule has 32 heavy (non-hydrogen) atoms. The van der Waals surface area contributed by atoms with Crippen LogP contribution in [-0.2, 0) is 11.8 Å². The Labute approximate surface area is 193 Å². The predicted molar refractivity (Wildman–Crippen MR) is 126 cm³/mol. The van der Waals surface area contributed by atoms with E-state index in [-0.39, 0.29) is 35.6 Å². The van der Waals surface area contributed by atoms with Crippen molar-refractivity contribution < 1.29 is 9.59 Å². The molecule has 0 fully saturated rings. The Kier molecular flexibility index (Phi) is 8.05. The predicted octanol–water partition coefficient (Wildman–Crippen LogP) is 3.91. The first-order valence-electron chi connectivity index (χ1n) is 10.6. The van der Waals surface area contributed by atoms with Gasteiger partial charge >= 0.3 is 0 Å². The van der Waals surface area contributed by atoms with Gasteiger partial charge in [-0.3, -0.25) is 9.59 Å². The third-order valence-corrected chi connectivity index (χ3v) is 6.17. The average Bonchev–Trinajstić information content (AvgIpc) is 3.16. The first kappa shape index (κ1) is 23.5. The molecule has 168 valence electrons. The van der Waals surface area contributed by atoms with Crippen molar-refractivity contribution in [3.05, 3.63) is 77.6 Å². The number of thioether (sulfide) groups is 1. The third-order valence-electron chi connectivity index (χ3n) is 5.15. The highest BCUT2D eigenvalue weighted by Crippen LogP contribution is 2.24. The number of carbonyl (C=O) groups excluding carboxylic acids is 2.